The van der Waals surface area contributed by atoms with Gasteiger partial charge in [-0.2, -0.15) is 0 Å². The fraction of sp³-hybridized carbons (Fsp3) is 0. The summed E-state index contributed by atoms with van der Waals surface area (Å²) in [7, 11) is 0. The highest BCUT2D eigenvalue weighted by atomic mass is 14.8. The molecule has 0 bridgehead atoms. The van der Waals surface area contributed by atoms with E-state index in [4.69, 9.17) is 9.97 Å². The summed E-state index contributed by atoms with van der Waals surface area (Å²) in [5, 5.41) is 3.44. The van der Waals surface area contributed by atoms with Crippen LogP contribution in [0.15, 0.2) is 207 Å². The van der Waals surface area contributed by atoms with Gasteiger partial charge >= 0.3 is 0 Å². The van der Waals surface area contributed by atoms with Crippen LogP contribution in [-0.2, 0) is 0 Å². The van der Waals surface area contributed by atoms with Crippen molar-refractivity contribution in [3.05, 3.63) is 207 Å². The lowest BCUT2D eigenvalue weighted by Crippen LogP contribution is -1.94. The lowest BCUT2D eigenvalue weighted by atomic mass is 9.88. The summed E-state index contributed by atoms with van der Waals surface area (Å²) in [4.78, 5) is 19.5. The molecular formula is C52H34N4. The SMILES string of the molecule is c1ccc(-c2ccccc2-c2cccc3c(-c4ccccc4)nc4ccc(-c5ccc(-c6cc(-c7ccccn7)nc(-c7ccccn7)c6)cc5)cc4c23)cc1. The molecule has 0 radical (unpaired) electrons. The van der Waals surface area contributed by atoms with E-state index in [2.05, 4.69) is 168 Å². The van der Waals surface area contributed by atoms with Gasteiger partial charge in [-0.15, -0.1) is 0 Å². The summed E-state index contributed by atoms with van der Waals surface area (Å²) in [5.74, 6) is 0. The number of hydrogen-bond acceptors (Lipinski definition) is 4. The van der Waals surface area contributed by atoms with Crippen molar-refractivity contribution in [1.29, 1.82) is 0 Å². The number of pyridine rings is 4. The summed E-state index contributed by atoms with van der Waals surface area (Å²) < 4.78 is 0. The number of benzene rings is 6. The van der Waals surface area contributed by atoms with Crippen molar-refractivity contribution >= 4 is 21.7 Å². The second-order valence-electron chi connectivity index (χ2n) is 13.8. The normalized spacial score (nSPS) is 11.2. The van der Waals surface area contributed by atoms with Gasteiger partial charge < -0.3 is 0 Å². The zero-order valence-corrected chi connectivity index (χ0v) is 30.4. The Balaban J connectivity index is 1.12. The van der Waals surface area contributed by atoms with Crippen LogP contribution < -0.4 is 0 Å². The molecule has 0 aliphatic carbocycles. The molecule has 4 heteroatoms. The third-order valence-corrected chi connectivity index (χ3v) is 10.4. The number of hydrogen-bond donors (Lipinski definition) is 0. The number of nitrogens with zero attached hydrogens (tertiary/aromatic N) is 4. The molecule has 0 spiro atoms. The van der Waals surface area contributed by atoms with Gasteiger partial charge in [0.15, 0.2) is 0 Å². The van der Waals surface area contributed by atoms with Crippen molar-refractivity contribution in [2.75, 3.05) is 0 Å². The van der Waals surface area contributed by atoms with Gasteiger partial charge in [0.2, 0.25) is 0 Å². The van der Waals surface area contributed by atoms with Crippen molar-refractivity contribution in [1.82, 2.24) is 19.9 Å². The molecule has 0 unspecified atom stereocenters. The van der Waals surface area contributed by atoms with Crippen molar-refractivity contribution in [3.8, 4) is 78.5 Å². The van der Waals surface area contributed by atoms with Gasteiger partial charge in [-0.3, -0.25) is 9.97 Å². The fourth-order valence-corrected chi connectivity index (χ4v) is 7.71. The van der Waals surface area contributed by atoms with E-state index in [9.17, 15) is 0 Å². The third kappa shape index (κ3) is 6.19. The molecule has 0 fully saturated rings. The molecule has 0 N–H and O–H groups in total. The van der Waals surface area contributed by atoms with E-state index >= 15 is 0 Å². The van der Waals surface area contributed by atoms with Crippen molar-refractivity contribution in [2.45, 2.75) is 0 Å². The molecule has 6 aromatic carbocycles. The predicted molar refractivity (Wildman–Crippen MR) is 231 cm³/mol. The number of fused-ring (bicyclic) bond motifs is 3. The Hall–Kier alpha value is -7.56. The minimum Gasteiger partial charge on any atom is -0.255 e. The van der Waals surface area contributed by atoms with Gasteiger partial charge in [0.05, 0.1) is 34.0 Å². The van der Waals surface area contributed by atoms with Gasteiger partial charge in [-0.1, -0.05) is 146 Å². The summed E-state index contributed by atoms with van der Waals surface area (Å²) in [6.07, 6.45) is 3.60. The predicted octanol–water partition coefficient (Wildman–Crippen LogP) is 13.2. The molecule has 0 saturated heterocycles. The molecule has 0 amide bonds. The van der Waals surface area contributed by atoms with E-state index in [0.29, 0.717) is 0 Å². The van der Waals surface area contributed by atoms with E-state index in [1.54, 1.807) is 12.4 Å². The zero-order valence-electron chi connectivity index (χ0n) is 30.4. The zero-order chi connectivity index (χ0) is 37.3. The second kappa shape index (κ2) is 14.3. The first-order valence-electron chi connectivity index (χ1n) is 18.8. The largest absolute Gasteiger partial charge is 0.255 e. The molecule has 0 aliphatic heterocycles. The molecule has 4 heterocycles. The molecule has 56 heavy (non-hydrogen) atoms. The van der Waals surface area contributed by atoms with Gasteiger partial charge in [0.25, 0.3) is 0 Å². The molecule has 262 valence electrons. The Kier molecular flexibility index (Phi) is 8.47. The standard InChI is InChI=1S/C52H34N4/c1-3-14-37(15-4-1)41-18-7-8-19-42(41)43-20-13-21-44-51(43)45-32-39(28-29-46(45)56-52(44)38-16-5-2-6-17-38)35-24-26-36(27-25-35)40-33-49(47-22-9-11-30-53-47)55-50(34-40)48-23-10-12-31-54-48/h1-34H. The molecule has 0 aliphatic rings. The second-order valence-corrected chi connectivity index (χ2v) is 13.8. The fourth-order valence-electron chi connectivity index (χ4n) is 7.71. The van der Waals surface area contributed by atoms with E-state index in [1.807, 2.05) is 36.4 Å². The Morgan fingerprint density at radius 3 is 1.48 bits per heavy atom. The van der Waals surface area contributed by atoms with E-state index in [1.165, 1.54) is 27.6 Å². The highest BCUT2D eigenvalue weighted by Gasteiger charge is 2.18. The molecular weight excluding hydrogens is 681 g/mol. The van der Waals surface area contributed by atoms with Crippen LogP contribution in [0.5, 0.6) is 0 Å². The monoisotopic (exact) mass is 714 g/mol. The van der Waals surface area contributed by atoms with E-state index in [-0.39, 0.29) is 0 Å². The first-order chi connectivity index (χ1) is 27.8. The molecule has 4 nitrogen and oxygen atoms in total. The number of rotatable bonds is 7. The Labute approximate surface area is 325 Å². The van der Waals surface area contributed by atoms with E-state index in [0.717, 1.165) is 72.6 Å². The van der Waals surface area contributed by atoms with Gasteiger partial charge in [0, 0.05) is 34.1 Å². The van der Waals surface area contributed by atoms with Crippen LogP contribution in [-0.4, -0.2) is 19.9 Å². The molecule has 10 aromatic rings. The Bertz CT molecular complexity index is 2930. The third-order valence-electron chi connectivity index (χ3n) is 10.4. The van der Waals surface area contributed by atoms with Crippen LogP contribution in [0, 0.1) is 0 Å². The lowest BCUT2D eigenvalue weighted by molar-refractivity contribution is 1.22. The first kappa shape index (κ1) is 33.0. The van der Waals surface area contributed by atoms with Gasteiger partial charge in [-0.05, 0) is 93.0 Å². The lowest BCUT2D eigenvalue weighted by Gasteiger charge is -2.17. The van der Waals surface area contributed by atoms with Crippen LogP contribution in [0.25, 0.3) is 100 Å². The average molecular weight is 715 g/mol. The van der Waals surface area contributed by atoms with Crippen molar-refractivity contribution < 1.29 is 0 Å². The van der Waals surface area contributed by atoms with Crippen LogP contribution in [0.2, 0.25) is 0 Å². The average Bonchev–Trinajstić information content (AvgIpc) is 3.29. The maximum atomic E-state index is 5.33. The van der Waals surface area contributed by atoms with E-state index < -0.39 is 0 Å². The minimum absolute atomic E-state index is 0.807. The molecule has 0 saturated carbocycles. The highest BCUT2D eigenvalue weighted by Crippen LogP contribution is 2.42. The number of aromatic nitrogens is 4. The summed E-state index contributed by atoms with van der Waals surface area (Å²) >= 11 is 0. The van der Waals surface area contributed by atoms with Crippen molar-refractivity contribution in [2.24, 2.45) is 0 Å². The van der Waals surface area contributed by atoms with Crippen LogP contribution >= 0.6 is 0 Å². The smallest absolute Gasteiger partial charge is 0.0900 e. The molecule has 10 rings (SSSR count). The summed E-state index contributed by atoms with van der Waals surface area (Å²) in [6.45, 7) is 0. The van der Waals surface area contributed by atoms with Gasteiger partial charge in [-0.25, -0.2) is 9.97 Å². The van der Waals surface area contributed by atoms with Crippen LogP contribution in [0.4, 0.5) is 0 Å². The van der Waals surface area contributed by atoms with Crippen LogP contribution in [0.1, 0.15) is 0 Å². The Morgan fingerprint density at radius 1 is 0.286 bits per heavy atom. The molecule has 0 atom stereocenters. The topological polar surface area (TPSA) is 51.6 Å². The summed E-state index contributed by atoms with van der Waals surface area (Å²) in [6, 6.07) is 68.0. The maximum Gasteiger partial charge on any atom is 0.0900 e. The summed E-state index contributed by atoms with van der Waals surface area (Å²) in [5.41, 5.74) is 15.5. The first-order valence-corrected chi connectivity index (χ1v) is 18.8. The Morgan fingerprint density at radius 2 is 0.839 bits per heavy atom. The highest BCUT2D eigenvalue weighted by molar-refractivity contribution is 6.18. The van der Waals surface area contributed by atoms with Gasteiger partial charge in [0.1, 0.15) is 0 Å². The molecule has 4 aromatic heterocycles. The minimum atomic E-state index is 0.807. The van der Waals surface area contributed by atoms with Crippen LogP contribution in [0.3, 0.4) is 0 Å². The quantitative estimate of drug-likeness (QED) is 0.154. The maximum absolute atomic E-state index is 5.33. The van der Waals surface area contributed by atoms with Crippen molar-refractivity contribution in [3.63, 3.8) is 0 Å².